The van der Waals surface area contributed by atoms with Crippen LogP contribution in [0.5, 0.6) is 0 Å². The molecule has 98 valence electrons. The highest BCUT2D eigenvalue weighted by Gasteiger charge is 2.35. The normalized spacial score (nSPS) is 31.9. The quantitative estimate of drug-likeness (QED) is 0.806. The van der Waals surface area contributed by atoms with E-state index in [2.05, 4.69) is 19.2 Å². The van der Waals surface area contributed by atoms with Gasteiger partial charge >= 0.3 is 0 Å². The number of hydrogen-bond acceptors (Lipinski definition) is 3. The summed E-state index contributed by atoms with van der Waals surface area (Å²) in [6.45, 7) is 6.57. The molecule has 3 unspecified atom stereocenters. The molecule has 0 spiro atoms. The van der Waals surface area contributed by atoms with Gasteiger partial charge in [-0.25, -0.2) is 0 Å². The van der Waals surface area contributed by atoms with Gasteiger partial charge in [0.15, 0.2) is 0 Å². The zero-order chi connectivity index (χ0) is 12.3. The van der Waals surface area contributed by atoms with Gasteiger partial charge < -0.3 is 9.64 Å². The van der Waals surface area contributed by atoms with Gasteiger partial charge in [-0.15, -0.1) is 0 Å². The maximum absolute atomic E-state index is 12.2. The van der Waals surface area contributed by atoms with Gasteiger partial charge in [0.25, 0.3) is 0 Å². The molecule has 0 aromatic carbocycles. The Bertz CT molecular complexity index is 264. The lowest BCUT2D eigenvalue weighted by Crippen LogP contribution is -2.39. The average molecular weight is 240 g/mol. The molecule has 0 bridgehead atoms. The van der Waals surface area contributed by atoms with Crippen LogP contribution >= 0.6 is 0 Å². The summed E-state index contributed by atoms with van der Waals surface area (Å²) in [5.74, 6) is 0.674. The van der Waals surface area contributed by atoms with Crippen molar-refractivity contribution in [2.24, 2.45) is 5.92 Å². The Hall–Kier alpha value is -0.610. The minimum Gasteiger partial charge on any atom is -0.376 e. The van der Waals surface area contributed by atoms with E-state index in [0.29, 0.717) is 12.6 Å². The Morgan fingerprint density at radius 2 is 2.35 bits per heavy atom. The molecule has 0 aliphatic carbocycles. The number of carbonyl (C=O) groups is 1. The molecule has 0 saturated carbocycles. The van der Waals surface area contributed by atoms with Crippen molar-refractivity contribution in [3.8, 4) is 0 Å². The highest BCUT2D eigenvalue weighted by molar-refractivity contribution is 5.84. The minimum absolute atomic E-state index is 0.0172. The van der Waals surface area contributed by atoms with Gasteiger partial charge in [0.2, 0.25) is 5.91 Å². The minimum atomic E-state index is 0.0172. The molecule has 3 atom stereocenters. The van der Waals surface area contributed by atoms with E-state index in [9.17, 15) is 4.79 Å². The first kappa shape index (κ1) is 12.8. The molecular formula is C13H24N2O2. The Labute approximate surface area is 104 Å². The van der Waals surface area contributed by atoms with Crippen LogP contribution in [-0.4, -0.2) is 42.8 Å². The number of carbonyl (C=O) groups excluding carboxylic acids is 1. The van der Waals surface area contributed by atoms with Crippen molar-refractivity contribution in [1.82, 2.24) is 10.2 Å². The van der Waals surface area contributed by atoms with Crippen molar-refractivity contribution >= 4 is 5.91 Å². The molecule has 4 heteroatoms. The lowest BCUT2D eigenvalue weighted by molar-refractivity contribution is -0.132. The average Bonchev–Trinajstić information content (AvgIpc) is 2.72. The number of nitrogens with one attached hydrogen (secondary N) is 1. The van der Waals surface area contributed by atoms with Crippen LogP contribution in [0.3, 0.4) is 0 Å². The third-order valence-electron chi connectivity index (χ3n) is 3.99. The van der Waals surface area contributed by atoms with Crippen LogP contribution in [0, 0.1) is 5.92 Å². The molecule has 2 aliphatic rings. The highest BCUT2D eigenvalue weighted by atomic mass is 16.5. The molecule has 2 fully saturated rings. The van der Waals surface area contributed by atoms with Gasteiger partial charge in [-0.05, 0) is 25.2 Å². The molecule has 0 aromatic heterocycles. The van der Waals surface area contributed by atoms with Crippen molar-refractivity contribution in [3.05, 3.63) is 0 Å². The van der Waals surface area contributed by atoms with Crippen LogP contribution in [0.4, 0.5) is 0 Å². The highest BCUT2D eigenvalue weighted by Crippen LogP contribution is 2.19. The Morgan fingerprint density at radius 3 is 3.00 bits per heavy atom. The second kappa shape index (κ2) is 5.83. The van der Waals surface area contributed by atoms with E-state index in [0.717, 1.165) is 32.4 Å². The fourth-order valence-corrected chi connectivity index (χ4v) is 2.60. The van der Waals surface area contributed by atoms with Crippen LogP contribution in [0.15, 0.2) is 0 Å². The Morgan fingerprint density at radius 1 is 1.53 bits per heavy atom. The van der Waals surface area contributed by atoms with E-state index >= 15 is 0 Å². The number of ether oxygens (including phenoxy) is 1. The monoisotopic (exact) mass is 240 g/mol. The summed E-state index contributed by atoms with van der Waals surface area (Å²) in [6.07, 6.45) is 4.78. The van der Waals surface area contributed by atoms with Gasteiger partial charge in [0.1, 0.15) is 0 Å². The first-order valence-corrected chi connectivity index (χ1v) is 6.86. The van der Waals surface area contributed by atoms with E-state index in [1.165, 1.54) is 6.42 Å². The van der Waals surface area contributed by atoms with E-state index < -0.39 is 0 Å². The van der Waals surface area contributed by atoms with Crippen LogP contribution < -0.4 is 5.32 Å². The zero-order valence-electron chi connectivity index (χ0n) is 10.9. The summed E-state index contributed by atoms with van der Waals surface area (Å²) in [4.78, 5) is 14.1. The van der Waals surface area contributed by atoms with Crippen molar-refractivity contribution in [2.45, 2.75) is 51.7 Å². The molecule has 2 rings (SSSR count). The van der Waals surface area contributed by atoms with Crippen LogP contribution in [-0.2, 0) is 9.53 Å². The van der Waals surface area contributed by atoms with E-state index in [-0.39, 0.29) is 18.1 Å². The van der Waals surface area contributed by atoms with Gasteiger partial charge in [-0.3, -0.25) is 10.1 Å². The second-order valence-corrected chi connectivity index (χ2v) is 5.27. The first-order valence-electron chi connectivity index (χ1n) is 6.86. The summed E-state index contributed by atoms with van der Waals surface area (Å²) in [5, 5.41) is 3.32. The standard InChI is InChI=1S/C13H24N2O2/c1-3-10(2)12-13(16)15(9-14-12)8-11-6-4-5-7-17-11/h10-12,14H,3-9H2,1-2H3. The van der Waals surface area contributed by atoms with Gasteiger partial charge in [0, 0.05) is 13.2 Å². The number of nitrogens with zero attached hydrogens (tertiary/aromatic N) is 1. The smallest absolute Gasteiger partial charge is 0.241 e. The lowest BCUT2D eigenvalue weighted by atomic mass is 9.99. The predicted octanol–water partition coefficient (Wildman–Crippen LogP) is 1.36. The van der Waals surface area contributed by atoms with E-state index in [4.69, 9.17) is 4.74 Å². The van der Waals surface area contributed by atoms with Gasteiger partial charge in [-0.1, -0.05) is 20.3 Å². The van der Waals surface area contributed by atoms with Gasteiger partial charge in [-0.2, -0.15) is 0 Å². The molecule has 4 nitrogen and oxygen atoms in total. The topological polar surface area (TPSA) is 41.6 Å². The molecule has 2 saturated heterocycles. The first-order chi connectivity index (χ1) is 8.22. The van der Waals surface area contributed by atoms with Gasteiger partial charge in [0.05, 0.1) is 18.8 Å². The maximum atomic E-state index is 12.2. The van der Waals surface area contributed by atoms with Crippen LogP contribution in [0.2, 0.25) is 0 Å². The summed E-state index contributed by atoms with van der Waals surface area (Å²) in [7, 11) is 0. The second-order valence-electron chi connectivity index (χ2n) is 5.27. The number of hydrogen-bond donors (Lipinski definition) is 1. The molecule has 2 heterocycles. The summed E-state index contributed by atoms with van der Waals surface area (Å²) in [5.41, 5.74) is 0. The number of amides is 1. The SMILES string of the molecule is CCC(C)C1NCN(CC2CCCCO2)C1=O. The molecule has 0 aromatic rings. The van der Waals surface area contributed by atoms with E-state index in [1.807, 2.05) is 4.90 Å². The molecule has 2 aliphatic heterocycles. The Kier molecular flexibility index (Phi) is 4.40. The van der Waals surface area contributed by atoms with Crippen LogP contribution in [0.1, 0.15) is 39.5 Å². The van der Waals surface area contributed by atoms with Crippen molar-refractivity contribution in [3.63, 3.8) is 0 Å². The molecule has 1 N–H and O–H groups in total. The molecule has 1 amide bonds. The summed E-state index contributed by atoms with van der Waals surface area (Å²) >= 11 is 0. The maximum Gasteiger partial charge on any atom is 0.241 e. The van der Waals surface area contributed by atoms with E-state index in [1.54, 1.807) is 0 Å². The predicted molar refractivity (Wildman–Crippen MR) is 66.5 cm³/mol. The molecule has 0 radical (unpaired) electrons. The van der Waals surface area contributed by atoms with Crippen molar-refractivity contribution in [2.75, 3.05) is 19.8 Å². The third-order valence-corrected chi connectivity index (χ3v) is 3.99. The van der Waals surface area contributed by atoms with Crippen molar-refractivity contribution in [1.29, 1.82) is 0 Å². The molecular weight excluding hydrogens is 216 g/mol. The fraction of sp³-hybridized carbons (Fsp3) is 0.923. The fourth-order valence-electron chi connectivity index (χ4n) is 2.60. The summed E-state index contributed by atoms with van der Waals surface area (Å²) in [6, 6.07) is 0.0172. The third kappa shape index (κ3) is 2.99. The van der Waals surface area contributed by atoms with Crippen molar-refractivity contribution < 1.29 is 9.53 Å². The summed E-state index contributed by atoms with van der Waals surface area (Å²) < 4.78 is 5.69. The number of rotatable bonds is 4. The molecule has 17 heavy (non-hydrogen) atoms. The lowest BCUT2D eigenvalue weighted by Gasteiger charge is -2.27. The van der Waals surface area contributed by atoms with Crippen LogP contribution in [0.25, 0.3) is 0 Å². The largest absolute Gasteiger partial charge is 0.376 e. The zero-order valence-corrected chi connectivity index (χ0v) is 10.9. The Balaban J connectivity index is 1.84.